The first-order valence-corrected chi connectivity index (χ1v) is 6.02. The molecule has 0 unspecified atom stereocenters. The minimum Gasteiger partial charge on any atom is -0.390 e. The van der Waals surface area contributed by atoms with Crippen molar-refractivity contribution in [2.45, 2.75) is 25.5 Å². The average molecular weight is 228 g/mol. The lowest BCUT2D eigenvalue weighted by Crippen LogP contribution is -2.20. The number of nitrogens with zero attached hydrogens (tertiary/aromatic N) is 2. The quantitative estimate of drug-likeness (QED) is 0.876. The predicted molar refractivity (Wildman–Crippen MR) is 69.1 cm³/mol. The van der Waals surface area contributed by atoms with Crippen LogP contribution in [0.3, 0.4) is 0 Å². The van der Waals surface area contributed by atoms with E-state index in [1.165, 1.54) is 23.9 Å². The van der Waals surface area contributed by atoms with Gasteiger partial charge in [0.25, 0.3) is 0 Å². The summed E-state index contributed by atoms with van der Waals surface area (Å²) in [5.74, 6) is 0. The number of hydrogen-bond acceptors (Lipinski definition) is 3. The second kappa shape index (κ2) is 4.00. The summed E-state index contributed by atoms with van der Waals surface area (Å²) in [7, 11) is 2.13. The lowest BCUT2D eigenvalue weighted by atomic mass is 10.1. The van der Waals surface area contributed by atoms with Gasteiger partial charge in [-0.1, -0.05) is 18.2 Å². The first-order valence-electron chi connectivity index (χ1n) is 6.02. The van der Waals surface area contributed by atoms with Crippen molar-refractivity contribution in [3.8, 4) is 0 Å². The van der Waals surface area contributed by atoms with E-state index in [0.717, 1.165) is 11.2 Å². The minimum absolute atomic E-state index is 0.00363. The highest BCUT2D eigenvalue weighted by Crippen LogP contribution is 2.34. The number of fused-ring (bicyclic) bond motifs is 1. The molecule has 0 aliphatic heterocycles. The van der Waals surface area contributed by atoms with E-state index in [4.69, 9.17) is 0 Å². The van der Waals surface area contributed by atoms with Crippen LogP contribution < -0.4 is 4.90 Å². The Morgan fingerprint density at radius 1 is 1.35 bits per heavy atom. The predicted octanol–water partition coefficient (Wildman–Crippen LogP) is 2.33. The number of aliphatic hydroxyl groups is 1. The van der Waals surface area contributed by atoms with E-state index in [9.17, 15) is 5.11 Å². The minimum atomic E-state index is -0.00363. The lowest BCUT2D eigenvalue weighted by molar-refractivity contribution is 0.277. The first-order chi connectivity index (χ1) is 8.29. The van der Waals surface area contributed by atoms with Crippen LogP contribution in [0, 0.1) is 0 Å². The molecule has 0 amide bonds. The van der Waals surface area contributed by atoms with Gasteiger partial charge >= 0.3 is 0 Å². The van der Waals surface area contributed by atoms with Gasteiger partial charge < -0.3 is 10.0 Å². The van der Waals surface area contributed by atoms with Gasteiger partial charge in [0.1, 0.15) is 0 Å². The van der Waals surface area contributed by atoms with Crippen LogP contribution in [0.2, 0.25) is 0 Å². The molecule has 1 N–H and O–H groups in total. The van der Waals surface area contributed by atoms with E-state index in [1.54, 1.807) is 0 Å². The van der Waals surface area contributed by atoms with Gasteiger partial charge in [0.05, 0.1) is 17.8 Å². The highest BCUT2D eigenvalue weighted by Gasteiger charge is 2.27. The molecule has 0 radical (unpaired) electrons. The topological polar surface area (TPSA) is 36.4 Å². The summed E-state index contributed by atoms with van der Waals surface area (Å²) >= 11 is 0. The van der Waals surface area contributed by atoms with E-state index < -0.39 is 0 Å². The van der Waals surface area contributed by atoms with Gasteiger partial charge in [0.15, 0.2) is 0 Å². The highest BCUT2D eigenvalue weighted by molar-refractivity contribution is 5.92. The van der Waals surface area contributed by atoms with Gasteiger partial charge in [-0.25, -0.2) is 0 Å². The van der Waals surface area contributed by atoms with E-state index in [0.29, 0.717) is 6.04 Å². The first kappa shape index (κ1) is 10.5. The molecule has 1 fully saturated rings. The van der Waals surface area contributed by atoms with Crippen LogP contribution in [0.1, 0.15) is 18.5 Å². The van der Waals surface area contributed by atoms with Crippen molar-refractivity contribution in [1.82, 2.24) is 4.98 Å². The van der Waals surface area contributed by atoms with E-state index in [-0.39, 0.29) is 6.61 Å². The molecule has 1 aliphatic carbocycles. The van der Waals surface area contributed by atoms with Crippen LogP contribution in [0.25, 0.3) is 10.9 Å². The Bertz CT molecular complexity index is 549. The number of aromatic nitrogens is 1. The zero-order valence-electron chi connectivity index (χ0n) is 9.93. The molecular weight excluding hydrogens is 212 g/mol. The fourth-order valence-electron chi connectivity index (χ4n) is 2.24. The van der Waals surface area contributed by atoms with Gasteiger partial charge in [-0.15, -0.1) is 0 Å². The molecule has 1 aliphatic rings. The Balaban J connectivity index is 2.18. The Hall–Kier alpha value is -1.61. The Morgan fingerprint density at radius 3 is 2.82 bits per heavy atom. The van der Waals surface area contributed by atoms with Gasteiger partial charge in [-0.3, -0.25) is 4.98 Å². The van der Waals surface area contributed by atoms with Crippen LogP contribution in [0.5, 0.6) is 0 Å². The Morgan fingerprint density at radius 2 is 2.12 bits per heavy atom. The summed E-state index contributed by atoms with van der Waals surface area (Å²) in [6.45, 7) is -0.00363. The van der Waals surface area contributed by atoms with Crippen molar-refractivity contribution in [3.05, 3.63) is 36.0 Å². The molecule has 0 saturated heterocycles. The van der Waals surface area contributed by atoms with E-state index in [2.05, 4.69) is 23.0 Å². The molecule has 0 atom stereocenters. The van der Waals surface area contributed by atoms with Crippen LogP contribution in [0.4, 0.5) is 5.69 Å². The number of aliphatic hydroxyl groups excluding tert-OH is 1. The highest BCUT2D eigenvalue weighted by atomic mass is 16.3. The number of pyridine rings is 1. The summed E-state index contributed by atoms with van der Waals surface area (Å²) in [6.07, 6.45) is 2.53. The summed E-state index contributed by atoms with van der Waals surface area (Å²) in [5.41, 5.74) is 2.88. The number of anilines is 1. The molecule has 3 rings (SSSR count). The maximum absolute atomic E-state index is 9.28. The number of benzene rings is 1. The molecule has 1 aromatic heterocycles. The second-order valence-electron chi connectivity index (χ2n) is 4.65. The maximum Gasteiger partial charge on any atom is 0.0854 e. The molecule has 17 heavy (non-hydrogen) atoms. The van der Waals surface area contributed by atoms with Crippen molar-refractivity contribution in [3.63, 3.8) is 0 Å². The van der Waals surface area contributed by atoms with Crippen LogP contribution >= 0.6 is 0 Å². The molecule has 2 aromatic rings. The Kier molecular flexibility index (Phi) is 2.48. The van der Waals surface area contributed by atoms with Gasteiger partial charge in [0.2, 0.25) is 0 Å². The van der Waals surface area contributed by atoms with Crippen molar-refractivity contribution in [1.29, 1.82) is 0 Å². The zero-order valence-corrected chi connectivity index (χ0v) is 9.93. The third kappa shape index (κ3) is 1.87. The molecule has 0 bridgehead atoms. The molecule has 0 spiro atoms. The van der Waals surface area contributed by atoms with Crippen LogP contribution in [0.15, 0.2) is 30.3 Å². The third-order valence-corrected chi connectivity index (χ3v) is 3.38. The molecule has 88 valence electrons. The summed E-state index contributed by atoms with van der Waals surface area (Å²) in [6, 6.07) is 10.8. The summed E-state index contributed by atoms with van der Waals surface area (Å²) in [4.78, 5) is 6.75. The van der Waals surface area contributed by atoms with Crippen molar-refractivity contribution in [2.75, 3.05) is 11.9 Å². The van der Waals surface area contributed by atoms with Gasteiger partial charge in [0, 0.05) is 24.2 Å². The number of para-hydroxylation sites is 1. The molecule has 3 heteroatoms. The van der Waals surface area contributed by atoms with Gasteiger partial charge in [-0.2, -0.15) is 0 Å². The van der Waals surface area contributed by atoms with E-state index in [1.807, 2.05) is 24.3 Å². The van der Waals surface area contributed by atoms with Gasteiger partial charge in [-0.05, 0) is 25.0 Å². The van der Waals surface area contributed by atoms with Crippen molar-refractivity contribution < 1.29 is 5.11 Å². The average Bonchev–Trinajstić information content (AvgIpc) is 3.21. The van der Waals surface area contributed by atoms with Crippen LogP contribution in [-0.4, -0.2) is 23.2 Å². The molecule has 3 nitrogen and oxygen atoms in total. The SMILES string of the molecule is CN(c1cc(CO)nc2ccccc12)C1CC1. The smallest absolute Gasteiger partial charge is 0.0854 e. The van der Waals surface area contributed by atoms with E-state index >= 15 is 0 Å². The lowest BCUT2D eigenvalue weighted by Gasteiger charge is -2.21. The van der Waals surface area contributed by atoms with Crippen molar-refractivity contribution in [2.24, 2.45) is 0 Å². The summed E-state index contributed by atoms with van der Waals surface area (Å²) < 4.78 is 0. The standard InChI is InChI=1S/C14H16N2O/c1-16(11-6-7-11)14-8-10(9-17)15-13-5-3-2-4-12(13)14/h2-5,8,11,17H,6-7,9H2,1H3. The largest absolute Gasteiger partial charge is 0.390 e. The maximum atomic E-state index is 9.28. The molecule has 1 heterocycles. The number of rotatable bonds is 3. The zero-order chi connectivity index (χ0) is 11.8. The van der Waals surface area contributed by atoms with Crippen LogP contribution in [-0.2, 0) is 6.61 Å². The second-order valence-corrected chi connectivity index (χ2v) is 4.65. The fourth-order valence-corrected chi connectivity index (χ4v) is 2.24. The fraction of sp³-hybridized carbons (Fsp3) is 0.357. The molecule has 1 saturated carbocycles. The molecule has 1 aromatic carbocycles. The molecular formula is C14H16N2O. The third-order valence-electron chi connectivity index (χ3n) is 3.38. The monoisotopic (exact) mass is 228 g/mol. The van der Waals surface area contributed by atoms with Crippen molar-refractivity contribution >= 4 is 16.6 Å². The normalized spacial score (nSPS) is 15.2. The number of hydrogen-bond donors (Lipinski definition) is 1. The summed E-state index contributed by atoms with van der Waals surface area (Å²) in [5, 5.41) is 10.4. The Labute approximate surface area is 101 Å².